The second kappa shape index (κ2) is 20.6. The summed E-state index contributed by atoms with van der Waals surface area (Å²) in [5, 5.41) is 24.6. The van der Waals surface area contributed by atoms with Gasteiger partial charge in [0.1, 0.15) is 36.2 Å². The van der Waals surface area contributed by atoms with Crippen LogP contribution in [0.4, 0.5) is 4.39 Å². The molecule has 4 aliphatic rings. The molecular formula is C51H65FN2O7. The fourth-order valence-electron chi connectivity index (χ4n) is 10.7. The highest BCUT2D eigenvalue weighted by Crippen LogP contribution is 2.62. The van der Waals surface area contributed by atoms with E-state index in [1.807, 2.05) is 23.1 Å². The fraction of sp³-hybridized carbons (Fsp3) is 0.529. The molecule has 0 aromatic heterocycles. The quantitative estimate of drug-likeness (QED) is 0.0662. The number of nitrogens with zero attached hydrogens (tertiary/aromatic N) is 2. The van der Waals surface area contributed by atoms with Gasteiger partial charge in [0.05, 0.1) is 18.2 Å². The molecule has 3 aromatic carbocycles. The number of amides is 1. The van der Waals surface area contributed by atoms with Crippen LogP contribution < -0.4 is 9.47 Å². The lowest BCUT2D eigenvalue weighted by Gasteiger charge is -2.60. The van der Waals surface area contributed by atoms with Crippen molar-refractivity contribution >= 4 is 11.6 Å². The average Bonchev–Trinajstić information content (AvgIpc) is 3.79. The molecule has 7 rings (SSSR count). The molecule has 1 heterocycles. The summed E-state index contributed by atoms with van der Waals surface area (Å²) in [5.41, 5.74) is 5.84. The number of unbranched alkanes of at least 4 members (excludes halogenated alkanes) is 2. The van der Waals surface area contributed by atoms with Gasteiger partial charge in [0.2, 0.25) is 11.7 Å². The van der Waals surface area contributed by atoms with Gasteiger partial charge in [-0.25, -0.2) is 4.39 Å². The topological polar surface area (TPSA) is 110 Å². The van der Waals surface area contributed by atoms with E-state index in [4.69, 9.17) is 24.2 Å². The molecule has 10 heteroatoms. The van der Waals surface area contributed by atoms with Crippen LogP contribution in [0.1, 0.15) is 112 Å². The molecule has 0 spiro atoms. The highest BCUT2D eigenvalue weighted by molar-refractivity contribution is 6.03. The lowest BCUT2D eigenvalue weighted by molar-refractivity contribution is -0.258. The summed E-state index contributed by atoms with van der Waals surface area (Å²) < 4.78 is 35.5. The van der Waals surface area contributed by atoms with E-state index in [0.29, 0.717) is 43.1 Å². The number of aliphatic hydroxyl groups excluding tert-OH is 2. The zero-order chi connectivity index (χ0) is 42.9. The van der Waals surface area contributed by atoms with E-state index in [-0.39, 0.29) is 55.8 Å². The first-order valence-corrected chi connectivity index (χ1v) is 22.6. The molecule has 2 saturated carbocycles. The lowest BCUT2D eigenvalue weighted by Crippen LogP contribution is -2.70. The number of oxime groups is 1. The summed E-state index contributed by atoms with van der Waals surface area (Å²) in [6, 6.07) is 17.8. The van der Waals surface area contributed by atoms with Crippen molar-refractivity contribution < 1.29 is 38.4 Å². The normalized spacial score (nSPS) is 25.0. The Hall–Kier alpha value is -4.51. The molecule has 1 amide bonds. The standard InChI is InChI=1S/C51H65FN2O7/c1-5-28-59-51-47(54(33-37-17-20-39(52)21-18-37)48(57)25-19-36-12-6-7-13-36)32-45(53-58-4)43-30-38(14-8-10-26-55)42(15-9-11-27-56)49(50(43)51)44-31-41(23-24-46(44)61-51)60-40-22-16-34(2)35(3)29-40/h5,16-18,20-24,29-31,36,38,42,47,49-50,55-56H,1,6-15,19,25-28,32-33H2,2-4H3. The SMILES string of the molecule is C=CCOC12Oc3ccc(Oc4ccc(C)c(C)c4)cc3C3C(CCCCO)C(CCCCO)C=C(C(=NOC)CC1N(Cc1ccc(F)cc1)C(=O)CCC1CCCC1)C32. The second-order valence-corrected chi connectivity index (χ2v) is 17.6. The highest BCUT2D eigenvalue weighted by Gasteiger charge is 2.65. The summed E-state index contributed by atoms with van der Waals surface area (Å²) in [7, 11) is 1.56. The van der Waals surface area contributed by atoms with Crippen molar-refractivity contribution in [3.63, 3.8) is 0 Å². The van der Waals surface area contributed by atoms with Gasteiger partial charge in [-0.2, -0.15) is 0 Å². The number of allylic oxidation sites excluding steroid dienone is 1. The number of hydrogen-bond donors (Lipinski definition) is 2. The number of benzene rings is 3. The highest BCUT2D eigenvalue weighted by atomic mass is 19.1. The number of carbonyl (C=O) groups excluding carboxylic acids is 1. The average molecular weight is 837 g/mol. The van der Waals surface area contributed by atoms with Crippen LogP contribution in [0.25, 0.3) is 0 Å². The zero-order valence-corrected chi connectivity index (χ0v) is 36.3. The molecule has 3 aromatic rings. The lowest BCUT2D eigenvalue weighted by atomic mass is 9.55. The Labute approximate surface area is 361 Å². The zero-order valence-electron chi connectivity index (χ0n) is 36.3. The Morgan fingerprint density at radius 3 is 2.38 bits per heavy atom. The van der Waals surface area contributed by atoms with E-state index >= 15 is 0 Å². The maximum Gasteiger partial charge on any atom is 0.239 e. The number of fused-ring (bicyclic) bond motifs is 2. The van der Waals surface area contributed by atoms with Crippen molar-refractivity contribution in [2.45, 2.75) is 122 Å². The minimum atomic E-state index is -1.38. The Balaban J connectivity index is 1.42. The third-order valence-corrected chi connectivity index (χ3v) is 13.8. The van der Waals surface area contributed by atoms with Gasteiger partial charge >= 0.3 is 0 Å². The molecule has 9 nitrogen and oxygen atoms in total. The molecule has 2 N–H and O–H groups in total. The van der Waals surface area contributed by atoms with Gasteiger partial charge in [-0.3, -0.25) is 4.79 Å². The van der Waals surface area contributed by atoms with Gasteiger partial charge in [0, 0.05) is 44.1 Å². The Morgan fingerprint density at radius 1 is 0.951 bits per heavy atom. The fourth-order valence-corrected chi connectivity index (χ4v) is 10.7. The molecule has 3 aliphatic carbocycles. The molecule has 0 bridgehead atoms. The van der Waals surface area contributed by atoms with Crippen LogP contribution in [-0.2, 0) is 20.9 Å². The number of hydrogen-bond acceptors (Lipinski definition) is 8. The predicted octanol–water partition coefficient (Wildman–Crippen LogP) is 10.5. The number of aliphatic hydroxyl groups is 2. The van der Waals surface area contributed by atoms with Crippen LogP contribution in [0.5, 0.6) is 17.2 Å². The summed E-state index contributed by atoms with van der Waals surface area (Å²) in [5.74, 6) is 0.453. The van der Waals surface area contributed by atoms with Gasteiger partial charge in [-0.05, 0) is 128 Å². The van der Waals surface area contributed by atoms with Gasteiger partial charge in [0.25, 0.3) is 0 Å². The van der Waals surface area contributed by atoms with E-state index in [1.165, 1.54) is 30.5 Å². The third kappa shape index (κ3) is 9.92. The monoisotopic (exact) mass is 836 g/mol. The van der Waals surface area contributed by atoms with E-state index in [1.54, 1.807) is 25.3 Å². The number of ether oxygens (including phenoxy) is 3. The van der Waals surface area contributed by atoms with Crippen molar-refractivity contribution in [1.82, 2.24) is 4.90 Å². The molecule has 1 aliphatic heterocycles. The minimum Gasteiger partial charge on any atom is -0.459 e. The molecule has 6 unspecified atom stereocenters. The van der Waals surface area contributed by atoms with Crippen LogP contribution in [0.3, 0.4) is 0 Å². The number of carbonyl (C=O) groups is 1. The van der Waals surface area contributed by atoms with E-state index < -0.39 is 17.7 Å². The van der Waals surface area contributed by atoms with Crippen molar-refractivity contribution in [3.8, 4) is 17.2 Å². The Bertz CT molecular complexity index is 2030. The van der Waals surface area contributed by atoms with Crippen molar-refractivity contribution in [2.24, 2.45) is 28.8 Å². The van der Waals surface area contributed by atoms with Crippen molar-refractivity contribution in [3.05, 3.63) is 113 Å². The Kier molecular flexibility index (Phi) is 15.0. The summed E-state index contributed by atoms with van der Waals surface area (Å²) in [6.07, 6.45) is 14.9. The molecule has 0 radical (unpaired) electrons. The third-order valence-electron chi connectivity index (χ3n) is 13.8. The Morgan fingerprint density at radius 2 is 1.67 bits per heavy atom. The minimum absolute atomic E-state index is 0.00716. The maximum atomic E-state index is 15.0. The first-order chi connectivity index (χ1) is 29.7. The number of rotatable bonds is 20. The van der Waals surface area contributed by atoms with Crippen LogP contribution >= 0.6 is 0 Å². The van der Waals surface area contributed by atoms with Crippen LogP contribution in [0.2, 0.25) is 0 Å². The van der Waals surface area contributed by atoms with Gasteiger partial charge in [-0.1, -0.05) is 74.0 Å². The van der Waals surface area contributed by atoms with E-state index in [0.717, 1.165) is 78.7 Å². The molecule has 2 fully saturated rings. The van der Waals surface area contributed by atoms with Crippen LogP contribution in [0.15, 0.2) is 90.1 Å². The molecule has 0 saturated heterocycles. The molecular weight excluding hydrogens is 772 g/mol. The first-order valence-electron chi connectivity index (χ1n) is 22.6. The van der Waals surface area contributed by atoms with Crippen molar-refractivity contribution in [1.29, 1.82) is 0 Å². The van der Waals surface area contributed by atoms with Gasteiger partial charge in [0.15, 0.2) is 0 Å². The van der Waals surface area contributed by atoms with Gasteiger partial charge < -0.3 is 34.2 Å². The maximum absolute atomic E-state index is 15.0. The molecule has 6 atom stereocenters. The second-order valence-electron chi connectivity index (χ2n) is 17.6. The van der Waals surface area contributed by atoms with Crippen LogP contribution in [-0.4, -0.2) is 65.5 Å². The molecule has 61 heavy (non-hydrogen) atoms. The number of halogens is 1. The summed E-state index contributed by atoms with van der Waals surface area (Å²) >= 11 is 0. The largest absolute Gasteiger partial charge is 0.459 e. The summed E-state index contributed by atoms with van der Waals surface area (Å²) in [6.45, 7) is 8.84. The van der Waals surface area contributed by atoms with Crippen LogP contribution in [0, 0.1) is 43.3 Å². The van der Waals surface area contributed by atoms with E-state index in [2.05, 4.69) is 44.7 Å². The number of aryl methyl sites for hydroxylation is 2. The van der Waals surface area contributed by atoms with Crippen molar-refractivity contribution in [2.75, 3.05) is 26.9 Å². The summed E-state index contributed by atoms with van der Waals surface area (Å²) in [4.78, 5) is 22.5. The smallest absolute Gasteiger partial charge is 0.239 e. The van der Waals surface area contributed by atoms with Gasteiger partial charge in [-0.15, -0.1) is 6.58 Å². The molecule has 328 valence electrons. The first kappa shape index (κ1) is 44.5. The van der Waals surface area contributed by atoms with E-state index in [9.17, 15) is 19.4 Å². The predicted molar refractivity (Wildman–Crippen MR) is 236 cm³/mol.